The van der Waals surface area contributed by atoms with E-state index in [0.29, 0.717) is 5.56 Å². The number of Topliss-reactive ketones (excluding diaryl/α,β-unsaturated/α-hetero) is 1. The van der Waals surface area contributed by atoms with Gasteiger partial charge in [-0.1, -0.05) is 32.9 Å². The van der Waals surface area contributed by atoms with E-state index in [0.717, 1.165) is 10.7 Å². The van der Waals surface area contributed by atoms with Gasteiger partial charge in [0.2, 0.25) is 0 Å². The van der Waals surface area contributed by atoms with Crippen molar-refractivity contribution in [1.29, 1.82) is 0 Å². The zero-order chi connectivity index (χ0) is 14.9. The monoisotopic (exact) mass is 355 g/mol. The highest BCUT2D eigenvalue weighted by Crippen LogP contribution is 2.26. The van der Waals surface area contributed by atoms with Crippen LogP contribution in [-0.2, 0) is 11.8 Å². The van der Waals surface area contributed by atoms with Crippen LogP contribution in [0.2, 0.25) is 0 Å². The Labute approximate surface area is 130 Å². The van der Waals surface area contributed by atoms with E-state index in [1.54, 1.807) is 6.07 Å². The van der Waals surface area contributed by atoms with E-state index in [4.69, 9.17) is 0 Å². The molecule has 0 unspecified atom stereocenters. The number of benzene rings is 1. The third-order valence-electron chi connectivity index (χ3n) is 2.88. The molecule has 20 heavy (non-hydrogen) atoms. The van der Waals surface area contributed by atoms with E-state index in [-0.39, 0.29) is 22.1 Å². The van der Waals surface area contributed by atoms with Crippen LogP contribution in [0.15, 0.2) is 28.1 Å². The van der Waals surface area contributed by atoms with Gasteiger partial charge in [0.05, 0.1) is 16.6 Å². The van der Waals surface area contributed by atoms with Crippen LogP contribution in [0.25, 0.3) is 0 Å². The number of hydrogen-bond acceptors (Lipinski definition) is 3. The van der Waals surface area contributed by atoms with E-state index in [2.05, 4.69) is 41.7 Å². The number of nitrogens with zero attached hydrogens (tertiary/aromatic N) is 1. The van der Waals surface area contributed by atoms with Crippen LogP contribution in [-0.4, -0.2) is 10.8 Å². The Kier molecular flexibility index (Phi) is 4.39. The molecule has 0 aliphatic heterocycles. The normalized spacial score (nSPS) is 11.7. The predicted octanol–water partition coefficient (Wildman–Crippen LogP) is 4.77. The number of aromatic nitrogens is 1. The van der Waals surface area contributed by atoms with Gasteiger partial charge in [-0.05, 0) is 22.0 Å². The molecule has 0 saturated heterocycles. The lowest BCUT2D eigenvalue weighted by Gasteiger charge is -2.14. The van der Waals surface area contributed by atoms with Crippen molar-refractivity contribution in [3.05, 3.63) is 50.1 Å². The maximum Gasteiger partial charge on any atom is 0.170 e. The van der Waals surface area contributed by atoms with Crippen molar-refractivity contribution < 1.29 is 9.18 Å². The van der Waals surface area contributed by atoms with E-state index < -0.39 is 5.82 Å². The first-order valence-electron chi connectivity index (χ1n) is 6.21. The fraction of sp³-hybridized carbons (Fsp3) is 0.333. The van der Waals surface area contributed by atoms with Gasteiger partial charge in [0.1, 0.15) is 10.8 Å². The Morgan fingerprint density at radius 3 is 2.70 bits per heavy atom. The second-order valence-corrected chi connectivity index (χ2v) is 7.31. The summed E-state index contributed by atoms with van der Waals surface area (Å²) in [6, 6.07) is 4.48. The average Bonchev–Trinajstić information content (AvgIpc) is 2.81. The number of hydrogen-bond donors (Lipinski definition) is 0. The lowest BCUT2D eigenvalue weighted by Crippen LogP contribution is -2.12. The molecule has 2 nitrogen and oxygen atoms in total. The topological polar surface area (TPSA) is 30.0 Å². The highest BCUT2D eigenvalue weighted by Gasteiger charge is 2.19. The number of halogens is 2. The first-order chi connectivity index (χ1) is 9.29. The van der Waals surface area contributed by atoms with E-state index in [1.807, 2.05) is 5.38 Å². The van der Waals surface area contributed by atoms with Crippen molar-refractivity contribution in [2.24, 2.45) is 0 Å². The van der Waals surface area contributed by atoms with Gasteiger partial charge >= 0.3 is 0 Å². The van der Waals surface area contributed by atoms with Gasteiger partial charge in [0.25, 0.3) is 0 Å². The number of carbonyl (C=O) groups excluding carboxylic acids is 1. The molecule has 0 spiro atoms. The van der Waals surface area contributed by atoms with E-state index in [9.17, 15) is 9.18 Å². The summed E-state index contributed by atoms with van der Waals surface area (Å²) in [5, 5.41) is 2.74. The summed E-state index contributed by atoms with van der Waals surface area (Å²) in [5.74, 6) is -0.559. The van der Waals surface area contributed by atoms with Gasteiger partial charge in [-0.15, -0.1) is 11.3 Å². The predicted molar refractivity (Wildman–Crippen MR) is 82.9 cm³/mol. The van der Waals surface area contributed by atoms with Crippen LogP contribution in [0.4, 0.5) is 4.39 Å². The molecule has 0 aliphatic rings. The van der Waals surface area contributed by atoms with Crippen molar-refractivity contribution in [2.75, 3.05) is 0 Å². The third-order valence-corrected chi connectivity index (χ3v) is 4.54. The van der Waals surface area contributed by atoms with Crippen LogP contribution in [0, 0.1) is 5.82 Å². The Hall–Kier alpha value is -1.07. The van der Waals surface area contributed by atoms with Crippen LogP contribution in [0.1, 0.15) is 41.8 Å². The highest BCUT2D eigenvalue weighted by atomic mass is 79.9. The molecule has 0 atom stereocenters. The Morgan fingerprint density at radius 2 is 2.10 bits per heavy atom. The molecule has 0 amide bonds. The second kappa shape index (κ2) is 5.74. The summed E-state index contributed by atoms with van der Waals surface area (Å²) in [7, 11) is 0. The molecule has 5 heteroatoms. The molecule has 106 valence electrons. The summed E-state index contributed by atoms with van der Waals surface area (Å²) in [6.07, 6.45) is 0.197. The van der Waals surface area contributed by atoms with Gasteiger partial charge in [-0.3, -0.25) is 4.79 Å². The largest absolute Gasteiger partial charge is 0.294 e. The number of carbonyl (C=O) groups is 1. The number of thiazole rings is 1. The van der Waals surface area contributed by atoms with Gasteiger partial charge in [-0.2, -0.15) is 0 Å². The summed E-state index contributed by atoms with van der Waals surface area (Å²) in [4.78, 5) is 16.7. The molecule has 2 rings (SSSR count). The summed E-state index contributed by atoms with van der Waals surface area (Å²) < 4.78 is 13.6. The molecule has 0 fully saturated rings. The summed E-state index contributed by atoms with van der Waals surface area (Å²) in [5.41, 5.74) is 1.30. The minimum atomic E-state index is -0.426. The molecule has 1 aromatic carbocycles. The van der Waals surface area contributed by atoms with E-state index >= 15 is 0 Å². The number of rotatable bonds is 3. The maximum atomic E-state index is 13.4. The molecule has 0 bridgehead atoms. The molecule has 1 heterocycles. The molecule has 0 N–H and O–H groups in total. The van der Waals surface area contributed by atoms with Crippen LogP contribution < -0.4 is 0 Å². The Morgan fingerprint density at radius 1 is 1.40 bits per heavy atom. The van der Waals surface area contributed by atoms with Crippen molar-refractivity contribution >= 4 is 33.0 Å². The van der Waals surface area contributed by atoms with Crippen LogP contribution in [0.5, 0.6) is 0 Å². The molecule has 0 radical (unpaired) electrons. The highest BCUT2D eigenvalue weighted by molar-refractivity contribution is 9.10. The fourth-order valence-corrected chi connectivity index (χ4v) is 3.19. The number of ketones is 1. The average molecular weight is 356 g/mol. The van der Waals surface area contributed by atoms with Crippen molar-refractivity contribution in [3.8, 4) is 0 Å². The maximum absolute atomic E-state index is 13.4. The molecular weight excluding hydrogens is 341 g/mol. The standard InChI is InChI=1S/C15H15BrFNOS/c1-15(2,3)12-8-20-13(18-12)7-11(19)9-5-4-6-10(17)14(9)16/h4-6,8H,7H2,1-3H3. The van der Waals surface area contributed by atoms with Crippen LogP contribution in [0.3, 0.4) is 0 Å². The first kappa shape index (κ1) is 15.3. The van der Waals surface area contributed by atoms with Crippen molar-refractivity contribution in [3.63, 3.8) is 0 Å². The van der Waals surface area contributed by atoms with Crippen LogP contribution >= 0.6 is 27.3 Å². The summed E-state index contributed by atoms with van der Waals surface area (Å²) in [6.45, 7) is 6.24. The van der Waals surface area contributed by atoms with Gasteiger partial charge in [0.15, 0.2) is 5.78 Å². The molecule has 0 aliphatic carbocycles. The minimum absolute atomic E-state index is 0.0305. The Bertz CT molecular complexity index is 646. The zero-order valence-corrected chi connectivity index (χ0v) is 13.9. The minimum Gasteiger partial charge on any atom is -0.294 e. The molecule has 0 saturated carbocycles. The lowest BCUT2D eigenvalue weighted by atomic mass is 9.93. The SMILES string of the molecule is CC(C)(C)c1csc(CC(=O)c2cccc(F)c2Br)n1. The van der Waals surface area contributed by atoms with Gasteiger partial charge in [-0.25, -0.2) is 9.37 Å². The second-order valence-electron chi connectivity index (χ2n) is 5.58. The zero-order valence-electron chi connectivity index (χ0n) is 11.5. The van der Waals surface area contributed by atoms with E-state index in [1.165, 1.54) is 23.5 Å². The first-order valence-corrected chi connectivity index (χ1v) is 7.88. The van der Waals surface area contributed by atoms with Gasteiger partial charge in [0, 0.05) is 16.4 Å². The van der Waals surface area contributed by atoms with Crippen molar-refractivity contribution in [1.82, 2.24) is 4.98 Å². The fourth-order valence-electron chi connectivity index (χ4n) is 1.69. The quantitative estimate of drug-likeness (QED) is 0.742. The molecular formula is C15H15BrFNOS. The smallest absolute Gasteiger partial charge is 0.170 e. The molecule has 1 aromatic heterocycles. The van der Waals surface area contributed by atoms with Crippen molar-refractivity contribution in [2.45, 2.75) is 32.6 Å². The molecule has 2 aromatic rings. The third kappa shape index (κ3) is 3.33. The van der Waals surface area contributed by atoms with Gasteiger partial charge < -0.3 is 0 Å². The Balaban J connectivity index is 2.20. The lowest BCUT2D eigenvalue weighted by molar-refractivity contribution is 0.0991. The summed E-state index contributed by atoms with van der Waals surface area (Å²) >= 11 is 4.59.